The number of nitrogens with zero attached hydrogens (tertiary/aromatic N) is 2. The number of rotatable bonds is 3. The average molecular weight is 215 g/mol. The minimum absolute atomic E-state index is 0.484. The quantitative estimate of drug-likeness (QED) is 0.774. The van der Waals surface area contributed by atoms with Gasteiger partial charge in [-0.2, -0.15) is 5.10 Å². The van der Waals surface area contributed by atoms with Gasteiger partial charge < -0.3 is 10.3 Å². The van der Waals surface area contributed by atoms with Gasteiger partial charge in [-0.15, -0.1) is 0 Å². The highest BCUT2D eigenvalue weighted by atomic mass is 31.2. The normalized spacial score (nSPS) is 12.4. The lowest BCUT2D eigenvalue weighted by atomic mass is 10.2. The van der Waals surface area contributed by atoms with E-state index in [-0.39, 0.29) is 0 Å². The molecule has 0 unspecified atom stereocenters. The van der Waals surface area contributed by atoms with Crippen molar-refractivity contribution in [2.24, 2.45) is 5.92 Å². The third kappa shape index (κ3) is 2.61. The Balaban J connectivity index is 2.99. The zero-order chi connectivity index (χ0) is 10.9. The summed E-state index contributed by atoms with van der Waals surface area (Å²) in [6.07, 6.45) is 0. The first-order chi connectivity index (χ1) is 6.30. The lowest BCUT2D eigenvalue weighted by molar-refractivity contribution is 0.490. The molecule has 2 N–H and O–H groups in total. The number of hydrogen-bond donors (Lipinski definition) is 1. The summed E-state index contributed by atoms with van der Waals surface area (Å²) in [4.78, 5) is 0. The summed E-state index contributed by atoms with van der Waals surface area (Å²) in [5.41, 5.74) is 6.39. The standard InChI is InChI=1S/C9H18N3OP/c1-7(2)6-12-8(10)5-9(11-12)14(3,4)13/h5,7H,6,10H2,1-4H3. The van der Waals surface area contributed by atoms with Gasteiger partial charge in [-0.05, 0) is 19.2 Å². The Morgan fingerprint density at radius 2 is 2.14 bits per heavy atom. The van der Waals surface area contributed by atoms with Gasteiger partial charge in [0, 0.05) is 12.6 Å². The van der Waals surface area contributed by atoms with E-state index in [4.69, 9.17) is 5.73 Å². The van der Waals surface area contributed by atoms with E-state index in [1.807, 2.05) is 0 Å². The fraction of sp³-hybridized carbons (Fsp3) is 0.667. The highest BCUT2D eigenvalue weighted by Gasteiger charge is 2.17. The number of nitrogens with two attached hydrogens (primary N) is 1. The van der Waals surface area contributed by atoms with E-state index in [2.05, 4.69) is 18.9 Å². The molecule has 0 aliphatic carbocycles. The van der Waals surface area contributed by atoms with Crippen LogP contribution in [0.4, 0.5) is 5.82 Å². The van der Waals surface area contributed by atoms with Crippen LogP contribution in [0.15, 0.2) is 6.07 Å². The molecule has 0 saturated heterocycles. The summed E-state index contributed by atoms with van der Waals surface area (Å²) in [6, 6.07) is 1.71. The summed E-state index contributed by atoms with van der Waals surface area (Å²) in [5.74, 6) is 1.08. The minimum Gasteiger partial charge on any atom is -0.384 e. The Bertz CT molecular complexity index is 364. The monoisotopic (exact) mass is 215 g/mol. The van der Waals surface area contributed by atoms with E-state index in [1.165, 1.54) is 0 Å². The van der Waals surface area contributed by atoms with Crippen LogP contribution in [0.3, 0.4) is 0 Å². The SMILES string of the molecule is CC(C)Cn1nc(P(C)(C)=O)cc1N. The van der Waals surface area contributed by atoms with E-state index in [0.29, 0.717) is 17.2 Å². The van der Waals surface area contributed by atoms with Crippen LogP contribution in [0.2, 0.25) is 0 Å². The van der Waals surface area contributed by atoms with Crippen molar-refractivity contribution >= 4 is 18.4 Å². The Labute approximate surface area is 84.9 Å². The molecule has 0 fully saturated rings. The molecule has 0 spiro atoms. The molecular formula is C9H18N3OP. The van der Waals surface area contributed by atoms with Crippen molar-refractivity contribution < 1.29 is 4.57 Å². The first-order valence-electron chi connectivity index (χ1n) is 4.69. The van der Waals surface area contributed by atoms with Gasteiger partial charge in [-0.1, -0.05) is 13.8 Å². The van der Waals surface area contributed by atoms with E-state index in [9.17, 15) is 4.57 Å². The molecule has 1 heterocycles. The second-order valence-corrected chi connectivity index (χ2v) is 7.51. The fourth-order valence-electron chi connectivity index (χ4n) is 1.17. The molecule has 1 aromatic rings. The summed E-state index contributed by atoms with van der Waals surface area (Å²) in [6.45, 7) is 8.37. The lowest BCUT2D eigenvalue weighted by Gasteiger charge is -2.06. The van der Waals surface area contributed by atoms with Gasteiger partial charge in [0.05, 0.1) is 0 Å². The topological polar surface area (TPSA) is 60.9 Å². The molecule has 0 atom stereocenters. The van der Waals surface area contributed by atoms with Crippen molar-refractivity contribution in [3.05, 3.63) is 6.07 Å². The zero-order valence-electron chi connectivity index (χ0n) is 9.19. The number of hydrogen-bond acceptors (Lipinski definition) is 3. The van der Waals surface area contributed by atoms with Crippen LogP contribution in [0.1, 0.15) is 13.8 Å². The Morgan fingerprint density at radius 3 is 2.50 bits per heavy atom. The van der Waals surface area contributed by atoms with Crippen LogP contribution in [-0.4, -0.2) is 23.1 Å². The van der Waals surface area contributed by atoms with Gasteiger partial charge >= 0.3 is 0 Å². The molecule has 1 rings (SSSR count). The van der Waals surface area contributed by atoms with Crippen LogP contribution < -0.4 is 11.2 Å². The first kappa shape index (κ1) is 11.3. The molecule has 4 nitrogen and oxygen atoms in total. The van der Waals surface area contributed by atoms with Crippen molar-refractivity contribution in [2.75, 3.05) is 19.1 Å². The van der Waals surface area contributed by atoms with Crippen molar-refractivity contribution in [3.63, 3.8) is 0 Å². The molecule has 1 aromatic heterocycles. The van der Waals surface area contributed by atoms with E-state index < -0.39 is 7.14 Å². The van der Waals surface area contributed by atoms with Crippen molar-refractivity contribution in [3.8, 4) is 0 Å². The predicted octanol–water partition coefficient (Wildman–Crippen LogP) is 1.37. The van der Waals surface area contributed by atoms with Crippen molar-refractivity contribution in [1.82, 2.24) is 9.78 Å². The number of aromatic nitrogens is 2. The molecular weight excluding hydrogens is 197 g/mol. The Kier molecular flexibility index (Phi) is 3.05. The summed E-state index contributed by atoms with van der Waals surface area (Å²) in [7, 11) is -2.28. The van der Waals surface area contributed by atoms with Gasteiger partial charge in [0.25, 0.3) is 0 Å². The van der Waals surface area contributed by atoms with Crippen molar-refractivity contribution in [1.29, 1.82) is 0 Å². The largest absolute Gasteiger partial charge is 0.384 e. The zero-order valence-corrected chi connectivity index (χ0v) is 10.1. The van der Waals surface area contributed by atoms with Crippen molar-refractivity contribution in [2.45, 2.75) is 20.4 Å². The van der Waals surface area contributed by atoms with Crippen LogP contribution in [0.25, 0.3) is 0 Å². The Hall–Kier alpha value is -0.760. The van der Waals surface area contributed by atoms with Gasteiger partial charge in [0.2, 0.25) is 0 Å². The third-order valence-corrected chi connectivity index (χ3v) is 3.21. The highest BCUT2D eigenvalue weighted by Crippen LogP contribution is 2.34. The molecule has 0 aliphatic rings. The first-order valence-corrected chi connectivity index (χ1v) is 7.29. The van der Waals surface area contributed by atoms with Crippen LogP contribution >= 0.6 is 7.14 Å². The highest BCUT2D eigenvalue weighted by molar-refractivity contribution is 7.69. The van der Waals surface area contributed by atoms with Gasteiger partial charge in [0.15, 0.2) is 0 Å². The average Bonchev–Trinajstić information content (AvgIpc) is 2.30. The van der Waals surface area contributed by atoms with Gasteiger partial charge in [-0.3, -0.25) is 0 Å². The summed E-state index contributed by atoms with van der Waals surface area (Å²) >= 11 is 0. The maximum Gasteiger partial charge on any atom is 0.129 e. The lowest BCUT2D eigenvalue weighted by Crippen LogP contribution is -2.12. The number of nitrogen functional groups attached to an aromatic ring is 1. The molecule has 0 saturated carbocycles. The fourth-order valence-corrected chi connectivity index (χ4v) is 1.94. The van der Waals surface area contributed by atoms with Gasteiger partial charge in [-0.25, -0.2) is 4.68 Å². The molecule has 0 aromatic carbocycles. The summed E-state index contributed by atoms with van der Waals surface area (Å²) in [5, 5.41) is 4.25. The second-order valence-electron chi connectivity index (χ2n) is 4.35. The van der Waals surface area contributed by atoms with Crippen LogP contribution in [0.5, 0.6) is 0 Å². The van der Waals surface area contributed by atoms with Gasteiger partial charge in [0.1, 0.15) is 18.4 Å². The third-order valence-electron chi connectivity index (χ3n) is 1.89. The molecule has 80 valence electrons. The van der Waals surface area contributed by atoms with Crippen LogP contribution in [0, 0.1) is 5.92 Å². The maximum atomic E-state index is 11.7. The molecule has 5 heteroatoms. The molecule has 0 aliphatic heterocycles. The molecule has 0 radical (unpaired) electrons. The Morgan fingerprint density at radius 1 is 1.57 bits per heavy atom. The predicted molar refractivity (Wildman–Crippen MR) is 60.6 cm³/mol. The molecule has 14 heavy (non-hydrogen) atoms. The number of anilines is 1. The molecule has 0 amide bonds. The summed E-state index contributed by atoms with van der Waals surface area (Å²) < 4.78 is 13.5. The smallest absolute Gasteiger partial charge is 0.129 e. The minimum atomic E-state index is -2.28. The van der Waals surface area contributed by atoms with E-state index in [0.717, 1.165) is 6.54 Å². The van der Waals surface area contributed by atoms with E-state index in [1.54, 1.807) is 24.1 Å². The molecule has 0 bridgehead atoms. The van der Waals surface area contributed by atoms with E-state index >= 15 is 0 Å². The van der Waals surface area contributed by atoms with Crippen LogP contribution in [-0.2, 0) is 11.1 Å². The maximum absolute atomic E-state index is 11.7. The second kappa shape index (κ2) is 3.77.